The van der Waals surface area contributed by atoms with E-state index < -0.39 is 11.6 Å². The van der Waals surface area contributed by atoms with Crippen LogP contribution in [0.25, 0.3) is 10.6 Å². The predicted octanol–water partition coefficient (Wildman–Crippen LogP) is 4.44. The largest absolute Gasteiger partial charge is 0.206 e. The minimum absolute atomic E-state index is 0.0352. The quantitative estimate of drug-likeness (QED) is 0.605. The molecule has 1 atom stereocenters. The first-order valence-electron chi connectivity index (χ1n) is 4.61. The Hall–Kier alpha value is -0.780. The van der Waals surface area contributed by atoms with Crippen molar-refractivity contribution in [1.82, 2.24) is 10.2 Å². The number of halogens is 4. The lowest BCUT2D eigenvalue weighted by Crippen LogP contribution is -1.87. The van der Waals surface area contributed by atoms with Crippen LogP contribution < -0.4 is 0 Å². The number of rotatable bonds is 2. The summed E-state index contributed by atoms with van der Waals surface area (Å²) in [5.74, 6) is -1.33. The first-order valence-corrected chi connectivity index (χ1v) is 6.24. The van der Waals surface area contributed by atoms with E-state index in [0.29, 0.717) is 5.01 Å². The Labute approximate surface area is 110 Å². The van der Waals surface area contributed by atoms with Gasteiger partial charge in [0.15, 0.2) is 5.01 Å². The Morgan fingerprint density at radius 3 is 2.53 bits per heavy atom. The smallest absolute Gasteiger partial charge is 0.150 e. The molecule has 1 aromatic carbocycles. The van der Waals surface area contributed by atoms with E-state index in [0.717, 1.165) is 23.5 Å². The van der Waals surface area contributed by atoms with Crippen LogP contribution in [0.15, 0.2) is 12.1 Å². The highest BCUT2D eigenvalue weighted by Crippen LogP contribution is 2.32. The molecule has 0 saturated carbocycles. The van der Waals surface area contributed by atoms with Crippen LogP contribution in [-0.4, -0.2) is 10.2 Å². The number of alkyl halides is 1. The third kappa shape index (κ3) is 2.56. The Morgan fingerprint density at radius 1 is 1.24 bits per heavy atom. The second-order valence-electron chi connectivity index (χ2n) is 3.31. The minimum Gasteiger partial charge on any atom is -0.206 e. The maximum Gasteiger partial charge on any atom is 0.150 e. The summed E-state index contributed by atoms with van der Waals surface area (Å²) in [6.45, 7) is 1.73. The van der Waals surface area contributed by atoms with Crippen molar-refractivity contribution in [3.05, 3.63) is 33.8 Å². The zero-order chi connectivity index (χ0) is 12.6. The second-order valence-corrected chi connectivity index (χ2v) is 5.38. The Balaban J connectivity index is 2.49. The molecule has 0 saturated heterocycles. The van der Waals surface area contributed by atoms with Crippen molar-refractivity contribution in [3.63, 3.8) is 0 Å². The molecule has 2 nitrogen and oxygen atoms in total. The fourth-order valence-electron chi connectivity index (χ4n) is 1.19. The normalized spacial score (nSPS) is 12.8. The summed E-state index contributed by atoms with van der Waals surface area (Å²) in [6, 6.07) is 1.91. The minimum atomic E-state index is -0.696. The van der Waals surface area contributed by atoms with Crippen LogP contribution >= 0.6 is 34.5 Å². The van der Waals surface area contributed by atoms with Crippen molar-refractivity contribution in [2.24, 2.45) is 0 Å². The van der Waals surface area contributed by atoms with E-state index >= 15 is 0 Å². The zero-order valence-corrected chi connectivity index (χ0v) is 10.9. The first-order chi connectivity index (χ1) is 7.99. The van der Waals surface area contributed by atoms with Crippen molar-refractivity contribution in [1.29, 1.82) is 0 Å². The number of hydrogen-bond donors (Lipinski definition) is 0. The van der Waals surface area contributed by atoms with Gasteiger partial charge in [-0.1, -0.05) is 22.9 Å². The predicted molar refractivity (Wildman–Crippen MR) is 64.5 cm³/mol. The summed E-state index contributed by atoms with van der Waals surface area (Å²) >= 11 is 12.4. The van der Waals surface area contributed by atoms with Gasteiger partial charge in [-0.3, -0.25) is 0 Å². The van der Waals surface area contributed by atoms with Crippen LogP contribution in [0.3, 0.4) is 0 Å². The molecule has 1 heterocycles. The molecule has 90 valence electrons. The number of benzene rings is 1. The highest BCUT2D eigenvalue weighted by atomic mass is 35.5. The summed E-state index contributed by atoms with van der Waals surface area (Å²) in [5.41, 5.74) is 0.0352. The third-order valence-corrected chi connectivity index (χ3v) is 3.79. The molecule has 2 rings (SSSR count). The zero-order valence-electron chi connectivity index (χ0n) is 8.55. The van der Waals surface area contributed by atoms with E-state index in [1.165, 1.54) is 0 Å². The van der Waals surface area contributed by atoms with Crippen LogP contribution in [0.5, 0.6) is 0 Å². The molecule has 2 aromatic rings. The van der Waals surface area contributed by atoms with Gasteiger partial charge in [-0.25, -0.2) is 8.78 Å². The monoisotopic (exact) mass is 294 g/mol. The average Bonchev–Trinajstić information content (AvgIpc) is 2.72. The lowest BCUT2D eigenvalue weighted by atomic mass is 10.2. The molecular formula is C10H6Cl2F2N2S. The number of hydrogen-bond acceptors (Lipinski definition) is 3. The van der Waals surface area contributed by atoms with Crippen LogP contribution in [0.1, 0.15) is 17.3 Å². The van der Waals surface area contributed by atoms with Crippen LogP contribution in [0, 0.1) is 11.6 Å². The molecule has 0 bridgehead atoms. The van der Waals surface area contributed by atoms with Gasteiger partial charge >= 0.3 is 0 Å². The molecule has 0 radical (unpaired) electrons. The summed E-state index contributed by atoms with van der Waals surface area (Å²) < 4.78 is 26.8. The van der Waals surface area contributed by atoms with Gasteiger partial charge in [0.1, 0.15) is 16.6 Å². The Bertz CT molecular complexity index is 557. The number of aromatic nitrogens is 2. The summed E-state index contributed by atoms with van der Waals surface area (Å²) in [5, 5.41) is 7.82. The fourth-order valence-corrected chi connectivity index (χ4v) is 2.31. The summed E-state index contributed by atoms with van der Waals surface area (Å²) in [4.78, 5) is 0. The first kappa shape index (κ1) is 12.7. The van der Waals surface area contributed by atoms with Crippen LogP contribution in [-0.2, 0) is 0 Å². The van der Waals surface area contributed by atoms with E-state index in [4.69, 9.17) is 23.2 Å². The summed E-state index contributed by atoms with van der Waals surface area (Å²) in [6.07, 6.45) is 0. The summed E-state index contributed by atoms with van der Waals surface area (Å²) in [7, 11) is 0. The van der Waals surface area contributed by atoms with Gasteiger partial charge in [0.2, 0.25) is 0 Å². The molecule has 0 spiro atoms. The SMILES string of the molecule is CC(Cl)c1nnc(-c2cc(F)c(Cl)cc2F)s1. The van der Waals surface area contributed by atoms with Crippen molar-refractivity contribution in [3.8, 4) is 10.6 Å². The third-order valence-electron chi connectivity index (χ3n) is 2.02. The Kier molecular flexibility index (Phi) is 3.61. The molecule has 0 aliphatic heterocycles. The molecule has 0 amide bonds. The van der Waals surface area contributed by atoms with E-state index in [9.17, 15) is 8.78 Å². The lowest BCUT2D eigenvalue weighted by molar-refractivity contribution is 0.603. The van der Waals surface area contributed by atoms with E-state index in [1.54, 1.807) is 6.92 Å². The van der Waals surface area contributed by atoms with E-state index in [-0.39, 0.29) is 21.0 Å². The van der Waals surface area contributed by atoms with Crippen LogP contribution in [0.4, 0.5) is 8.78 Å². The maximum atomic E-state index is 13.6. The van der Waals surface area contributed by atoms with Crippen molar-refractivity contribution >= 4 is 34.5 Å². The maximum absolute atomic E-state index is 13.6. The topological polar surface area (TPSA) is 25.8 Å². The van der Waals surface area contributed by atoms with Crippen LogP contribution in [0.2, 0.25) is 5.02 Å². The molecule has 1 unspecified atom stereocenters. The lowest BCUT2D eigenvalue weighted by Gasteiger charge is -2.00. The fraction of sp³-hybridized carbons (Fsp3) is 0.200. The van der Waals surface area contributed by atoms with E-state index in [1.807, 2.05) is 0 Å². The van der Waals surface area contributed by atoms with Gasteiger partial charge in [-0.05, 0) is 19.1 Å². The van der Waals surface area contributed by atoms with E-state index in [2.05, 4.69) is 10.2 Å². The van der Waals surface area contributed by atoms with Gasteiger partial charge < -0.3 is 0 Å². The van der Waals surface area contributed by atoms with Gasteiger partial charge in [-0.15, -0.1) is 21.8 Å². The highest BCUT2D eigenvalue weighted by molar-refractivity contribution is 7.15. The average molecular weight is 295 g/mol. The second kappa shape index (κ2) is 4.84. The molecule has 0 fully saturated rings. The van der Waals surface area contributed by atoms with Gasteiger partial charge in [-0.2, -0.15) is 0 Å². The standard InChI is InChI=1S/C10H6Cl2F2N2S/c1-4(11)9-15-16-10(17-9)5-2-8(14)6(12)3-7(5)13/h2-4H,1H3. The molecule has 0 aliphatic rings. The van der Waals surface area contributed by atoms with Crippen molar-refractivity contribution in [2.75, 3.05) is 0 Å². The molecule has 0 N–H and O–H groups in total. The molecule has 0 aliphatic carbocycles. The van der Waals surface area contributed by atoms with Crippen molar-refractivity contribution < 1.29 is 8.78 Å². The molecule has 1 aromatic heterocycles. The highest BCUT2D eigenvalue weighted by Gasteiger charge is 2.16. The van der Waals surface area contributed by atoms with Gasteiger partial charge in [0.05, 0.1) is 16.0 Å². The molecule has 17 heavy (non-hydrogen) atoms. The van der Waals surface area contributed by atoms with Crippen molar-refractivity contribution in [2.45, 2.75) is 12.3 Å². The molecular weight excluding hydrogens is 289 g/mol. The number of nitrogens with zero attached hydrogens (tertiary/aromatic N) is 2. The molecule has 7 heteroatoms. The Morgan fingerprint density at radius 2 is 1.94 bits per heavy atom. The van der Waals surface area contributed by atoms with Gasteiger partial charge in [0.25, 0.3) is 0 Å². The van der Waals surface area contributed by atoms with Gasteiger partial charge in [0, 0.05) is 0 Å².